The molecule has 3 aromatic rings. The predicted molar refractivity (Wildman–Crippen MR) is 147 cm³/mol. The minimum atomic E-state index is -4.85. The molecule has 0 saturated carbocycles. The molecule has 3 N–H and O–H groups in total. The van der Waals surface area contributed by atoms with Gasteiger partial charge in [0.05, 0.1) is 10.6 Å². The first kappa shape index (κ1) is 32.2. The third-order valence-electron chi connectivity index (χ3n) is 5.81. The van der Waals surface area contributed by atoms with E-state index >= 15 is 0 Å². The Morgan fingerprint density at radius 3 is 2.22 bits per heavy atom. The quantitative estimate of drug-likeness (QED) is 0.164. The molecular weight excluding hydrogens is 639 g/mol. The van der Waals surface area contributed by atoms with Crippen molar-refractivity contribution in [1.82, 2.24) is 0 Å². The third kappa shape index (κ3) is 9.34. The summed E-state index contributed by atoms with van der Waals surface area (Å²) in [4.78, 5) is 37.9. The highest BCUT2D eigenvalue weighted by Crippen LogP contribution is 2.26. The minimum Gasteiger partial charge on any atom is -0.487 e. The van der Waals surface area contributed by atoms with Crippen molar-refractivity contribution in [1.29, 1.82) is 0 Å². The highest BCUT2D eigenvalue weighted by Gasteiger charge is 2.41. The fourth-order valence-electron chi connectivity index (χ4n) is 3.70. The van der Waals surface area contributed by atoms with Crippen LogP contribution in [0.4, 0.5) is 27.6 Å². The lowest BCUT2D eigenvalue weighted by atomic mass is 9.97. The molecule has 218 valence electrons. The second kappa shape index (κ2) is 14.0. The van der Waals surface area contributed by atoms with Gasteiger partial charge in [-0.2, -0.15) is 13.2 Å². The Labute approximate surface area is 245 Å². The second-order valence-corrected chi connectivity index (χ2v) is 10.2. The number of carbonyl (C=O) groups excluding carboxylic acids is 3. The van der Waals surface area contributed by atoms with E-state index in [9.17, 15) is 36.3 Å². The van der Waals surface area contributed by atoms with Crippen molar-refractivity contribution >= 4 is 50.7 Å². The number of alkyl halides is 5. The lowest BCUT2D eigenvalue weighted by molar-refractivity contribution is -0.161. The number of rotatable bonds is 12. The van der Waals surface area contributed by atoms with Crippen LogP contribution in [0.25, 0.3) is 0 Å². The summed E-state index contributed by atoms with van der Waals surface area (Å²) in [6.07, 6.45) is -8.49. The minimum absolute atomic E-state index is 0.0515. The number of hydrogen-bond acceptors (Lipinski definition) is 5. The maximum Gasteiger partial charge on any atom is 0.410 e. The molecule has 1 unspecified atom stereocenters. The van der Waals surface area contributed by atoms with Crippen molar-refractivity contribution in [2.24, 2.45) is 5.73 Å². The van der Waals surface area contributed by atoms with Gasteiger partial charge in [-0.3, -0.25) is 14.4 Å². The normalized spacial score (nSPS) is 12.2. The summed E-state index contributed by atoms with van der Waals surface area (Å²) in [5.41, 5.74) is 6.08. The Morgan fingerprint density at radius 1 is 0.951 bits per heavy atom. The highest BCUT2D eigenvalue weighted by molar-refractivity contribution is 9.10. The highest BCUT2D eigenvalue weighted by atomic mass is 79.9. The van der Waals surface area contributed by atoms with Crippen LogP contribution in [0.3, 0.4) is 0 Å². The van der Waals surface area contributed by atoms with Gasteiger partial charge in [-0.1, -0.05) is 39.7 Å². The summed E-state index contributed by atoms with van der Waals surface area (Å²) in [6.45, 7) is -0.949. The molecule has 3 aromatic carbocycles. The van der Waals surface area contributed by atoms with E-state index in [1.165, 1.54) is 36.4 Å². The molecule has 0 aliphatic rings. The first-order valence-corrected chi connectivity index (χ1v) is 13.2. The number of carbonyl (C=O) groups is 3. The van der Waals surface area contributed by atoms with Crippen LogP contribution in [0.1, 0.15) is 38.3 Å². The van der Waals surface area contributed by atoms with E-state index in [0.717, 1.165) is 4.47 Å². The standard InChI is InChI=1S/C28H23BrClF5N2O4/c29-17-4-6-18(7-5-17)37-27(40)20-12-16(3-10-24(20)41-14-25(31)32)13-23(39)19-11-15(1-8-21(19)30)2-9-22(38)26(36)28(33,34)35/h1,3-8,10-12,25-26H,2,9,13-14,36H2,(H,37,40). The van der Waals surface area contributed by atoms with E-state index in [0.29, 0.717) is 16.8 Å². The van der Waals surface area contributed by atoms with Crippen molar-refractivity contribution in [3.05, 3.63) is 92.4 Å². The molecule has 0 aliphatic carbocycles. The van der Waals surface area contributed by atoms with Crippen LogP contribution in [-0.4, -0.2) is 42.7 Å². The first-order valence-electron chi connectivity index (χ1n) is 12.0. The summed E-state index contributed by atoms with van der Waals surface area (Å²) in [7, 11) is 0. The number of halogens is 7. The monoisotopic (exact) mass is 660 g/mol. The van der Waals surface area contributed by atoms with Gasteiger partial charge in [0, 0.05) is 28.6 Å². The summed E-state index contributed by atoms with van der Waals surface area (Å²) in [5.74, 6) is -2.45. The Bertz CT molecular complexity index is 1420. The third-order valence-corrected chi connectivity index (χ3v) is 6.67. The van der Waals surface area contributed by atoms with Crippen molar-refractivity contribution in [3.8, 4) is 5.75 Å². The number of nitrogens with two attached hydrogens (primary N) is 1. The molecule has 13 heteroatoms. The van der Waals surface area contributed by atoms with Gasteiger partial charge < -0.3 is 15.8 Å². The fraction of sp³-hybridized carbons (Fsp3) is 0.250. The molecule has 3 rings (SSSR count). The number of anilines is 1. The van der Waals surface area contributed by atoms with E-state index in [2.05, 4.69) is 21.2 Å². The lowest BCUT2D eigenvalue weighted by Gasteiger charge is -2.14. The molecule has 0 aromatic heterocycles. The smallest absolute Gasteiger partial charge is 0.410 e. The molecule has 1 amide bonds. The number of Topliss-reactive ketones (excluding diaryl/α,β-unsaturated/α-hetero) is 2. The maximum absolute atomic E-state index is 13.1. The van der Waals surface area contributed by atoms with E-state index in [-0.39, 0.29) is 34.7 Å². The van der Waals surface area contributed by atoms with Gasteiger partial charge in [-0.25, -0.2) is 8.78 Å². The molecule has 0 aliphatic heterocycles. The average Bonchev–Trinajstić information content (AvgIpc) is 2.91. The van der Waals surface area contributed by atoms with Crippen LogP contribution in [0, 0.1) is 0 Å². The molecule has 0 heterocycles. The Kier molecular flexibility index (Phi) is 11.0. The van der Waals surface area contributed by atoms with Crippen molar-refractivity contribution in [3.63, 3.8) is 0 Å². The Balaban J connectivity index is 1.80. The van der Waals surface area contributed by atoms with E-state index in [1.807, 2.05) is 0 Å². The van der Waals surface area contributed by atoms with Crippen LogP contribution >= 0.6 is 27.5 Å². The summed E-state index contributed by atoms with van der Waals surface area (Å²) in [5, 5.41) is 2.71. The van der Waals surface area contributed by atoms with Crippen LogP contribution in [-0.2, 0) is 17.6 Å². The maximum atomic E-state index is 13.1. The number of nitrogens with one attached hydrogen (secondary N) is 1. The number of benzene rings is 3. The summed E-state index contributed by atoms with van der Waals surface area (Å²) in [6, 6.07) is 12.3. The Hall–Kier alpha value is -3.35. The van der Waals surface area contributed by atoms with Gasteiger partial charge in [0.15, 0.2) is 17.6 Å². The van der Waals surface area contributed by atoms with Crippen LogP contribution in [0.2, 0.25) is 5.02 Å². The molecule has 41 heavy (non-hydrogen) atoms. The topological polar surface area (TPSA) is 98.5 Å². The molecule has 6 nitrogen and oxygen atoms in total. The van der Waals surface area contributed by atoms with Gasteiger partial charge in [-0.15, -0.1) is 0 Å². The zero-order valence-corrected chi connectivity index (χ0v) is 23.5. The number of ketones is 2. The van der Waals surface area contributed by atoms with Crippen molar-refractivity contribution in [2.45, 2.75) is 37.9 Å². The molecule has 0 radical (unpaired) electrons. The van der Waals surface area contributed by atoms with Gasteiger partial charge in [-0.05, 0) is 66.1 Å². The molecule has 1 atom stereocenters. The van der Waals surface area contributed by atoms with Gasteiger partial charge in [0.2, 0.25) is 0 Å². The van der Waals surface area contributed by atoms with Crippen LogP contribution < -0.4 is 15.8 Å². The Morgan fingerprint density at radius 2 is 1.59 bits per heavy atom. The van der Waals surface area contributed by atoms with Gasteiger partial charge in [0.25, 0.3) is 12.3 Å². The largest absolute Gasteiger partial charge is 0.487 e. The zero-order chi connectivity index (χ0) is 30.3. The summed E-state index contributed by atoms with van der Waals surface area (Å²) >= 11 is 9.48. The molecule has 0 fully saturated rings. The fourth-order valence-corrected chi connectivity index (χ4v) is 4.19. The lowest BCUT2D eigenvalue weighted by Crippen LogP contribution is -2.44. The summed E-state index contributed by atoms with van der Waals surface area (Å²) < 4.78 is 69.5. The zero-order valence-electron chi connectivity index (χ0n) is 21.1. The number of aryl methyl sites for hydroxylation is 1. The van der Waals surface area contributed by atoms with E-state index in [1.54, 1.807) is 24.3 Å². The van der Waals surface area contributed by atoms with Gasteiger partial charge in [0.1, 0.15) is 12.4 Å². The molecule has 0 saturated heterocycles. The second-order valence-electron chi connectivity index (χ2n) is 8.89. The average molecular weight is 662 g/mol. The number of ether oxygens (including phenoxy) is 1. The predicted octanol–water partition coefficient (Wildman–Crippen LogP) is 6.82. The molecular formula is C28H23BrClF5N2O4. The van der Waals surface area contributed by atoms with Gasteiger partial charge >= 0.3 is 6.18 Å². The van der Waals surface area contributed by atoms with Crippen molar-refractivity contribution in [2.75, 3.05) is 11.9 Å². The SMILES string of the molecule is NC(C(=O)CCc1ccc(Cl)c(C(=O)Cc2ccc(OCC(F)F)c(C(=O)Nc3ccc(Br)cc3)c2)c1)C(F)(F)F. The van der Waals surface area contributed by atoms with Crippen molar-refractivity contribution < 1.29 is 41.1 Å². The number of hydrogen-bond donors (Lipinski definition) is 2. The molecule has 0 bridgehead atoms. The van der Waals surface area contributed by atoms with Crippen LogP contribution in [0.15, 0.2) is 65.1 Å². The molecule has 0 spiro atoms. The number of amides is 1. The van der Waals surface area contributed by atoms with Crippen LogP contribution in [0.5, 0.6) is 5.75 Å². The first-order chi connectivity index (χ1) is 19.2. The van der Waals surface area contributed by atoms with E-state index < -0.39 is 49.1 Å². The van der Waals surface area contributed by atoms with E-state index in [4.69, 9.17) is 22.1 Å².